The fourth-order valence-electron chi connectivity index (χ4n) is 1.88. The minimum atomic E-state index is -0.735. The van der Waals surface area contributed by atoms with Gasteiger partial charge in [-0.2, -0.15) is 0 Å². The van der Waals surface area contributed by atoms with Crippen molar-refractivity contribution in [3.05, 3.63) is 23.8 Å². The van der Waals surface area contributed by atoms with Crippen LogP contribution in [0.1, 0.15) is 24.8 Å². The van der Waals surface area contributed by atoms with E-state index >= 15 is 0 Å². The predicted octanol–water partition coefficient (Wildman–Crippen LogP) is 1.76. The van der Waals surface area contributed by atoms with E-state index in [0.717, 1.165) is 30.0 Å². The van der Waals surface area contributed by atoms with Gasteiger partial charge in [0.2, 0.25) is 6.79 Å². The van der Waals surface area contributed by atoms with Gasteiger partial charge in [-0.15, -0.1) is 0 Å². The first kappa shape index (κ1) is 12.7. The Morgan fingerprint density at radius 2 is 2.22 bits per heavy atom. The molecule has 5 nitrogen and oxygen atoms in total. The Hall–Kier alpha value is -1.75. The van der Waals surface area contributed by atoms with Crippen LogP contribution in [0.5, 0.6) is 11.5 Å². The third-order valence-corrected chi connectivity index (χ3v) is 2.79. The van der Waals surface area contributed by atoms with E-state index in [-0.39, 0.29) is 13.2 Å². The number of aliphatic carboxylic acids is 1. The van der Waals surface area contributed by atoms with E-state index in [1.54, 1.807) is 0 Å². The van der Waals surface area contributed by atoms with E-state index in [1.807, 2.05) is 18.2 Å². The molecule has 2 rings (SSSR count). The third-order valence-electron chi connectivity index (χ3n) is 2.79. The molecule has 0 saturated carbocycles. The van der Waals surface area contributed by atoms with E-state index < -0.39 is 5.97 Å². The summed E-state index contributed by atoms with van der Waals surface area (Å²) in [6, 6.07) is 5.82. The van der Waals surface area contributed by atoms with E-state index in [1.165, 1.54) is 0 Å². The van der Waals surface area contributed by atoms with E-state index in [2.05, 4.69) is 5.32 Å². The van der Waals surface area contributed by atoms with Crippen molar-refractivity contribution in [2.24, 2.45) is 0 Å². The molecule has 0 radical (unpaired) electrons. The normalized spacial score (nSPS) is 12.7. The van der Waals surface area contributed by atoms with Gasteiger partial charge in [-0.25, -0.2) is 0 Å². The van der Waals surface area contributed by atoms with Gasteiger partial charge in [0.25, 0.3) is 0 Å². The number of carbonyl (C=O) groups is 1. The highest BCUT2D eigenvalue weighted by Crippen LogP contribution is 2.35. The number of hydrogen-bond donors (Lipinski definition) is 2. The van der Waals surface area contributed by atoms with Crippen molar-refractivity contribution < 1.29 is 19.4 Å². The minimum Gasteiger partial charge on any atom is -0.481 e. The third kappa shape index (κ3) is 3.37. The van der Waals surface area contributed by atoms with Crippen LogP contribution >= 0.6 is 0 Å². The first-order chi connectivity index (χ1) is 8.77. The lowest BCUT2D eigenvalue weighted by molar-refractivity contribution is -0.137. The molecule has 0 amide bonds. The van der Waals surface area contributed by atoms with Crippen LogP contribution in [0.4, 0.5) is 0 Å². The number of carboxylic acids is 1. The van der Waals surface area contributed by atoms with Gasteiger partial charge >= 0.3 is 5.97 Å². The molecular weight excluding hydrogens is 234 g/mol. The molecule has 0 unspecified atom stereocenters. The molecule has 0 aromatic heterocycles. The Balaban J connectivity index is 1.71. The summed E-state index contributed by atoms with van der Waals surface area (Å²) >= 11 is 0. The standard InChI is InChI=1S/C13H17NO4/c15-12(16)6-1-2-7-14-8-10-4-3-5-11-13(10)18-9-17-11/h3-5,14H,1-2,6-9H2,(H,15,16). The number of ether oxygens (including phenoxy) is 2. The smallest absolute Gasteiger partial charge is 0.303 e. The molecule has 98 valence electrons. The average Bonchev–Trinajstić information content (AvgIpc) is 2.82. The summed E-state index contributed by atoms with van der Waals surface area (Å²) in [5.41, 5.74) is 1.07. The number of rotatable bonds is 7. The molecule has 0 aliphatic carbocycles. The first-order valence-electron chi connectivity index (χ1n) is 6.07. The van der Waals surface area contributed by atoms with Crippen LogP contribution in [-0.4, -0.2) is 24.4 Å². The Morgan fingerprint density at radius 1 is 1.33 bits per heavy atom. The summed E-state index contributed by atoms with van der Waals surface area (Å²) in [6.07, 6.45) is 1.80. The molecular formula is C13H17NO4. The van der Waals surface area contributed by atoms with Gasteiger partial charge in [-0.05, 0) is 25.5 Å². The summed E-state index contributed by atoms with van der Waals surface area (Å²) < 4.78 is 10.7. The lowest BCUT2D eigenvalue weighted by Crippen LogP contribution is -2.15. The predicted molar refractivity (Wildman–Crippen MR) is 65.8 cm³/mol. The zero-order valence-electron chi connectivity index (χ0n) is 10.1. The molecule has 1 aromatic rings. The van der Waals surface area contributed by atoms with E-state index in [0.29, 0.717) is 13.0 Å². The SMILES string of the molecule is O=C(O)CCCCNCc1cccc2c1OCO2. The molecule has 0 atom stereocenters. The van der Waals surface area contributed by atoms with Crippen molar-refractivity contribution >= 4 is 5.97 Å². The monoisotopic (exact) mass is 251 g/mol. The molecule has 1 aromatic carbocycles. The maximum atomic E-state index is 10.3. The number of hydrogen-bond acceptors (Lipinski definition) is 4. The minimum absolute atomic E-state index is 0.235. The van der Waals surface area contributed by atoms with Crippen molar-refractivity contribution in [1.82, 2.24) is 5.32 Å². The van der Waals surface area contributed by atoms with Crippen molar-refractivity contribution in [1.29, 1.82) is 0 Å². The molecule has 0 bridgehead atoms. The Bertz CT molecular complexity index is 419. The molecule has 1 aliphatic rings. The summed E-state index contributed by atoms with van der Waals surface area (Å²) in [6.45, 7) is 1.79. The van der Waals surface area contributed by atoms with Crippen molar-refractivity contribution in [2.75, 3.05) is 13.3 Å². The Morgan fingerprint density at radius 3 is 3.06 bits per heavy atom. The highest BCUT2D eigenvalue weighted by atomic mass is 16.7. The highest BCUT2D eigenvalue weighted by Gasteiger charge is 2.16. The van der Waals surface area contributed by atoms with Gasteiger partial charge in [0, 0.05) is 18.5 Å². The van der Waals surface area contributed by atoms with Crippen LogP contribution in [0.2, 0.25) is 0 Å². The van der Waals surface area contributed by atoms with Gasteiger partial charge in [0.05, 0.1) is 0 Å². The zero-order valence-corrected chi connectivity index (χ0v) is 10.1. The lowest BCUT2D eigenvalue weighted by atomic mass is 10.2. The molecule has 0 spiro atoms. The van der Waals surface area contributed by atoms with Crippen molar-refractivity contribution in [2.45, 2.75) is 25.8 Å². The van der Waals surface area contributed by atoms with E-state index in [9.17, 15) is 4.79 Å². The summed E-state index contributed by atoms with van der Waals surface area (Å²) in [5, 5.41) is 11.8. The molecule has 1 heterocycles. The van der Waals surface area contributed by atoms with Gasteiger partial charge in [-0.1, -0.05) is 12.1 Å². The van der Waals surface area contributed by atoms with Gasteiger partial charge in [-0.3, -0.25) is 4.79 Å². The van der Waals surface area contributed by atoms with Gasteiger partial charge < -0.3 is 19.9 Å². The largest absolute Gasteiger partial charge is 0.481 e. The summed E-state index contributed by atoms with van der Waals surface area (Å²) in [4.78, 5) is 10.3. The second kappa shape index (κ2) is 6.26. The fraction of sp³-hybridized carbons (Fsp3) is 0.462. The van der Waals surface area contributed by atoms with Crippen LogP contribution in [0, 0.1) is 0 Å². The number of fused-ring (bicyclic) bond motifs is 1. The second-order valence-corrected chi connectivity index (χ2v) is 4.18. The summed E-state index contributed by atoms with van der Waals surface area (Å²) in [5.74, 6) is 0.872. The lowest BCUT2D eigenvalue weighted by Gasteiger charge is -2.07. The van der Waals surface area contributed by atoms with Crippen molar-refractivity contribution in [3.63, 3.8) is 0 Å². The van der Waals surface area contributed by atoms with Crippen LogP contribution in [-0.2, 0) is 11.3 Å². The van der Waals surface area contributed by atoms with Crippen LogP contribution in [0.15, 0.2) is 18.2 Å². The number of nitrogens with one attached hydrogen (secondary N) is 1. The second-order valence-electron chi connectivity index (χ2n) is 4.18. The fourth-order valence-corrected chi connectivity index (χ4v) is 1.88. The van der Waals surface area contributed by atoms with Crippen LogP contribution in [0.3, 0.4) is 0 Å². The first-order valence-corrected chi connectivity index (χ1v) is 6.07. The average molecular weight is 251 g/mol. The maximum absolute atomic E-state index is 10.3. The van der Waals surface area contributed by atoms with Crippen LogP contribution in [0.25, 0.3) is 0 Å². The molecule has 5 heteroatoms. The van der Waals surface area contributed by atoms with Crippen LogP contribution < -0.4 is 14.8 Å². The number of para-hydroxylation sites is 1. The van der Waals surface area contributed by atoms with Gasteiger partial charge in [0.15, 0.2) is 11.5 Å². The highest BCUT2D eigenvalue weighted by molar-refractivity contribution is 5.66. The number of benzene rings is 1. The molecule has 0 saturated heterocycles. The molecule has 18 heavy (non-hydrogen) atoms. The number of unbranched alkanes of at least 4 members (excludes halogenated alkanes) is 1. The number of carboxylic acid groups (broad SMARTS) is 1. The van der Waals surface area contributed by atoms with Crippen molar-refractivity contribution in [3.8, 4) is 11.5 Å². The topological polar surface area (TPSA) is 67.8 Å². The summed E-state index contributed by atoms with van der Waals surface area (Å²) in [7, 11) is 0. The maximum Gasteiger partial charge on any atom is 0.303 e. The molecule has 2 N–H and O–H groups in total. The quantitative estimate of drug-likeness (QED) is 0.723. The van der Waals surface area contributed by atoms with Gasteiger partial charge in [0.1, 0.15) is 0 Å². The Kier molecular flexibility index (Phi) is 4.41. The molecule has 0 fully saturated rings. The molecule has 1 aliphatic heterocycles. The Labute approximate surface area is 106 Å². The van der Waals surface area contributed by atoms with E-state index in [4.69, 9.17) is 14.6 Å². The zero-order chi connectivity index (χ0) is 12.8.